The predicted molar refractivity (Wildman–Crippen MR) is 75.1 cm³/mol. The topological polar surface area (TPSA) is 29.1 Å². The molecule has 0 heterocycles. The van der Waals surface area contributed by atoms with Gasteiger partial charge in [0.15, 0.2) is 5.78 Å². The van der Waals surface area contributed by atoms with Crippen LogP contribution in [0.25, 0.3) is 0 Å². The summed E-state index contributed by atoms with van der Waals surface area (Å²) in [6, 6.07) is 0.305. The Hall–Kier alpha value is -0.370. The number of Topliss-reactive ketones (excluding diaryl/α,β-unsaturated/α-hetero) is 1. The number of carbonyl (C=O) groups is 1. The van der Waals surface area contributed by atoms with Crippen molar-refractivity contribution in [1.29, 1.82) is 0 Å². The number of hydrogen-bond acceptors (Lipinski definition) is 2. The normalized spacial score (nSPS) is 14.8. The third kappa shape index (κ3) is 5.67. The minimum absolute atomic E-state index is 0.0137. The van der Waals surface area contributed by atoms with Gasteiger partial charge in [0.05, 0.1) is 6.04 Å². The first-order valence-electron chi connectivity index (χ1n) is 6.87. The number of carbonyl (C=O) groups excluding carboxylic acids is 1. The van der Waals surface area contributed by atoms with Crippen molar-refractivity contribution in [3.05, 3.63) is 0 Å². The van der Waals surface area contributed by atoms with Gasteiger partial charge >= 0.3 is 0 Å². The second-order valence-corrected chi connectivity index (χ2v) is 6.90. The van der Waals surface area contributed by atoms with Gasteiger partial charge in [-0.2, -0.15) is 0 Å². The molecule has 0 bridgehead atoms. The summed E-state index contributed by atoms with van der Waals surface area (Å²) in [4.78, 5) is 12.3. The van der Waals surface area contributed by atoms with Crippen LogP contribution in [0.3, 0.4) is 0 Å². The molecule has 1 unspecified atom stereocenters. The Kier molecular flexibility index (Phi) is 6.39. The van der Waals surface area contributed by atoms with E-state index in [1.807, 2.05) is 13.8 Å². The van der Waals surface area contributed by atoms with Crippen molar-refractivity contribution in [2.75, 3.05) is 0 Å². The molecule has 0 aromatic carbocycles. The Balaban J connectivity index is 4.95. The second kappa shape index (κ2) is 6.53. The van der Waals surface area contributed by atoms with Crippen LogP contribution in [0.15, 0.2) is 0 Å². The first kappa shape index (κ1) is 16.6. The highest BCUT2D eigenvalue weighted by molar-refractivity contribution is 5.86. The van der Waals surface area contributed by atoms with Gasteiger partial charge < -0.3 is 5.32 Å². The standard InChI is InChI=1S/C15H31NO/c1-10(2)9-15(7,8)14(16-12(5)6)13(17)11(3)4/h10-12,14,16H,9H2,1-8H3. The highest BCUT2D eigenvalue weighted by atomic mass is 16.1. The molecule has 0 radical (unpaired) electrons. The summed E-state index contributed by atoms with van der Waals surface area (Å²) in [6.07, 6.45) is 1.07. The Labute approximate surface area is 108 Å². The molecule has 2 heteroatoms. The molecule has 17 heavy (non-hydrogen) atoms. The smallest absolute Gasteiger partial charge is 0.152 e. The van der Waals surface area contributed by atoms with Gasteiger partial charge in [-0.15, -0.1) is 0 Å². The summed E-state index contributed by atoms with van der Waals surface area (Å²) in [5.74, 6) is 1.04. The number of nitrogens with one attached hydrogen (secondary N) is 1. The maximum atomic E-state index is 12.3. The van der Waals surface area contributed by atoms with Gasteiger partial charge in [-0.3, -0.25) is 4.79 Å². The first-order chi connectivity index (χ1) is 7.58. The zero-order valence-electron chi connectivity index (χ0n) is 12.9. The highest BCUT2D eigenvalue weighted by Crippen LogP contribution is 2.31. The maximum absolute atomic E-state index is 12.3. The molecule has 0 aromatic rings. The lowest BCUT2D eigenvalue weighted by Gasteiger charge is -2.37. The van der Waals surface area contributed by atoms with E-state index in [1.54, 1.807) is 0 Å². The Morgan fingerprint density at radius 1 is 1.06 bits per heavy atom. The van der Waals surface area contributed by atoms with Crippen LogP contribution < -0.4 is 5.32 Å². The number of rotatable bonds is 7. The van der Waals surface area contributed by atoms with Crippen LogP contribution >= 0.6 is 0 Å². The minimum Gasteiger partial charge on any atom is -0.305 e. The average Bonchev–Trinajstić information content (AvgIpc) is 2.10. The Morgan fingerprint density at radius 3 is 1.82 bits per heavy atom. The quantitative estimate of drug-likeness (QED) is 0.737. The molecule has 0 aromatic heterocycles. The summed E-state index contributed by atoms with van der Waals surface area (Å²) in [5, 5.41) is 3.46. The molecule has 2 nitrogen and oxygen atoms in total. The lowest BCUT2D eigenvalue weighted by Crippen LogP contribution is -2.52. The van der Waals surface area contributed by atoms with Crippen molar-refractivity contribution in [2.45, 2.75) is 73.9 Å². The Bertz CT molecular complexity index is 241. The van der Waals surface area contributed by atoms with E-state index in [2.05, 4.69) is 46.9 Å². The summed E-state index contributed by atoms with van der Waals surface area (Å²) >= 11 is 0. The van der Waals surface area contributed by atoms with E-state index in [-0.39, 0.29) is 17.4 Å². The number of hydrogen-bond donors (Lipinski definition) is 1. The van der Waals surface area contributed by atoms with Crippen LogP contribution in [0.4, 0.5) is 0 Å². The van der Waals surface area contributed by atoms with Gasteiger partial charge in [0.25, 0.3) is 0 Å². The molecule has 1 N–H and O–H groups in total. The average molecular weight is 241 g/mol. The maximum Gasteiger partial charge on any atom is 0.152 e. The third-order valence-corrected chi connectivity index (χ3v) is 3.07. The van der Waals surface area contributed by atoms with Crippen molar-refractivity contribution in [3.63, 3.8) is 0 Å². The lowest BCUT2D eigenvalue weighted by molar-refractivity contribution is -0.127. The molecule has 0 aliphatic carbocycles. The molecule has 0 aliphatic heterocycles. The van der Waals surface area contributed by atoms with E-state index in [0.717, 1.165) is 6.42 Å². The van der Waals surface area contributed by atoms with Crippen molar-refractivity contribution in [2.24, 2.45) is 17.3 Å². The van der Waals surface area contributed by atoms with E-state index in [9.17, 15) is 4.79 Å². The zero-order chi connectivity index (χ0) is 13.8. The van der Waals surface area contributed by atoms with Gasteiger partial charge in [-0.05, 0) is 17.8 Å². The van der Waals surface area contributed by atoms with E-state index in [4.69, 9.17) is 0 Å². The molecule has 0 fully saturated rings. The number of ketones is 1. The largest absolute Gasteiger partial charge is 0.305 e. The Morgan fingerprint density at radius 2 is 1.53 bits per heavy atom. The van der Waals surface area contributed by atoms with Crippen molar-refractivity contribution < 1.29 is 4.79 Å². The SMILES string of the molecule is CC(C)CC(C)(C)C(NC(C)C)C(=O)C(C)C. The van der Waals surface area contributed by atoms with E-state index >= 15 is 0 Å². The summed E-state index contributed by atoms with van der Waals surface area (Å²) < 4.78 is 0. The molecule has 1 atom stereocenters. The van der Waals surface area contributed by atoms with Crippen LogP contribution in [0.2, 0.25) is 0 Å². The van der Waals surface area contributed by atoms with Gasteiger partial charge in [-0.25, -0.2) is 0 Å². The van der Waals surface area contributed by atoms with E-state index in [1.165, 1.54) is 0 Å². The molecule has 0 aliphatic rings. The van der Waals surface area contributed by atoms with Crippen molar-refractivity contribution in [1.82, 2.24) is 5.32 Å². The van der Waals surface area contributed by atoms with Gasteiger partial charge in [0.2, 0.25) is 0 Å². The van der Waals surface area contributed by atoms with Crippen LogP contribution in [0.1, 0.15) is 61.8 Å². The second-order valence-electron chi connectivity index (χ2n) is 6.90. The summed E-state index contributed by atoms with van der Waals surface area (Å²) in [6.45, 7) is 17.0. The highest BCUT2D eigenvalue weighted by Gasteiger charge is 2.36. The fourth-order valence-corrected chi connectivity index (χ4v) is 2.53. The summed E-state index contributed by atoms with van der Waals surface area (Å²) in [7, 11) is 0. The predicted octanol–water partition coefficient (Wildman–Crippen LogP) is 3.65. The molecule has 0 amide bonds. The first-order valence-corrected chi connectivity index (χ1v) is 6.87. The fraction of sp³-hybridized carbons (Fsp3) is 0.933. The molecular weight excluding hydrogens is 210 g/mol. The molecule has 0 saturated heterocycles. The molecular formula is C15H31NO. The van der Waals surface area contributed by atoms with Crippen molar-refractivity contribution >= 4 is 5.78 Å². The van der Waals surface area contributed by atoms with Crippen molar-refractivity contribution in [3.8, 4) is 0 Å². The van der Waals surface area contributed by atoms with Crippen LogP contribution in [-0.4, -0.2) is 17.9 Å². The van der Waals surface area contributed by atoms with Crippen LogP contribution in [-0.2, 0) is 4.79 Å². The molecule has 0 rings (SSSR count). The summed E-state index contributed by atoms with van der Waals surface area (Å²) in [5.41, 5.74) is 0.0137. The van der Waals surface area contributed by atoms with Gasteiger partial charge in [-0.1, -0.05) is 55.4 Å². The monoisotopic (exact) mass is 241 g/mol. The zero-order valence-corrected chi connectivity index (χ0v) is 12.9. The minimum atomic E-state index is -0.0371. The third-order valence-electron chi connectivity index (χ3n) is 3.07. The fourth-order valence-electron chi connectivity index (χ4n) is 2.53. The molecule has 0 saturated carbocycles. The van der Waals surface area contributed by atoms with E-state index in [0.29, 0.717) is 17.7 Å². The molecule has 102 valence electrons. The molecule has 0 spiro atoms. The van der Waals surface area contributed by atoms with Crippen LogP contribution in [0.5, 0.6) is 0 Å². The van der Waals surface area contributed by atoms with E-state index < -0.39 is 0 Å². The van der Waals surface area contributed by atoms with Gasteiger partial charge in [0, 0.05) is 12.0 Å². The lowest BCUT2D eigenvalue weighted by atomic mass is 9.74. The van der Waals surface area contributed by atoms with Crippen LogP contribution in [0, 0.1) is 17.3 Å². The van der Waals surface area contributed by atoms with Gasteiger partial charge in [0.1, 0.15) is 0 Å².